The molecule has 0 spiro atoms. The lowest BCUT2D eigenvalue weighted by atomic mass is 9.98. The number of fused-ring (bicyclic) bond motifs is 2. The third-order valence-corrected chi connectivity index (χ3v) is 7.84. The van der Waals surface area contributed by atoms with E-state index < -0.39 is 0 Å². The van der Waals surface area contributed by atoms with Crippen LogP contribution in [0.1, 0.15) is 35.2 Å². The number of anilines is 2. The van der Waals surface area contributed by atoms with Crippen LogP contribution in [0, 0.1) is 5.92 Å². The topological polar surface area (TPSA) is 45.2 Å². The summed E-state index contributed by atoms with van der Waals surface area (Å²) in [5.41, 5.74) is 4.11. The molecule has 2 aromatic carbocycles. The second-order valence-corrected chi connectivity index (χ2v) is 10.0. The zero-order chi connectivity index (χ0) is 22.4. The number of carbonyl (C=O) groups excluding carboxylic acids is 1. The molecule has 6 heteroatoms. The first kappa shape index (κ1) is 21.0. The van der Waals surface area contributed by atoms with E-state index in [4.69, 9.17) is 9.47 Å². The van der Waals surface area contributed by atoms with Crippen LogP contribution < -0.4 is 14.5 Å². The summed E-state index contributed by atoms with van der Waals surface area (Å²) in [6, 6.07) is 15.1. The summed E-state index contributed by atoms with van der Waals surface area (Å²) in [5, 5.41) is 0. The lowest BCUT2D eigenvalue weighted by Gasteiger charge is -2.30. The minimum Gasteiger partial charge on any atom is -0.491 e. The molecule has 2 aromatic rings. The number of likely N-dealkylation sites (tertiary alicyclic amines) is 1. The minimum absolute atomic E-state index is 0.0772. The van der Waals surface area contributed by atoms with Crippen molar-refractivity contribution >= 4 is 17.3 Å². The Bertz CT molecular complexity index is 1020. The Labute approximate surface area is 196 Å². The number of amides is 1. The largest absolute Gasteiger partial charge is 0.491 e. The van der Waals surface area contributed by atoms with Gasteiger partial charge in [0, 0.05) is 55.8 Å². The van der Waals surface area contributed by atoms with Crippen molar-refractivity contribution in [2.24, 2.45) is 5.92 Å². The molecule has 3 fully saturated rings. The molecule has 4 aliphatic heterocycles. The standard InChI is InChI=1S/C27H33N3O3/c1-28-16-20-11-12-29(26(20)17-28)21-4-6-22(7-5-21)30-13-10-19-15-23(8-9-25(19)27(30)31)33-18-24-3-2-14-32-24/h4-9,15,20,24,26H,2-3,10-14,16-18H2,1H3/t20-,24+,26+/m0/s1. The molecule has 3 saturated heterocycles. The van der Waals surface area contributed by atoms with Crippen LogP contribution >= 0.6 is 0 Å². The highest BCUT2D eigenvalue weighted by atomic mass is 16.5. The fourth-order valence-electron chi connectivity index (χ4n) is 6.08. The lowest BCUT2D eigenvalue weighted by Crippen LogP contribution is -2.37. The predicted molar refractivity (Wildman–Crippen MR) is 129 cm³/mol. The van der Waals surface area contributed by atoms with E-state index in [1.165, 1.54) is 18.7 Å². The molecule has 33 heavy (non-hydrogen) atoms. The van der Waals surface area contributed by atoms with E-state index in [2.05, 4.69) is 41.1 Å². The van der Waals surface area contributed by atoms with E-state index in [0.717, 1.165) is 67.4 Å². The van der Waals surface area contributed by atoms with Gasteiger partial charge < -0.3 is 24.2 Å². The maximum absolute atomic E-state index is 13.3. The molecule has 6 nitrogen and oxygen atoms in total. The van der Waals surface area contributed by atoms with Gasteiger partial charge in [-0.2, -0.15) is 0 Å². The molecule has 0 bridgehead atoms. The Morgan fingerprint density at radius 2 is 1.88 bits per heavy atom. The summed E-state index contributed by atoms with van der Waals surface area (Å²) >= 11 is 0. The first-order valence-corrected chi connectivity index (χ1v) is 12.4. The molecule has 0 N–H and O–H groups in total. The molecular weight excluding hydrogens is 414 g/mol. The number of hydrogen-bond acceptors (Lipinski definition) is 5. The highest BCUT2D eigenvalue weighted by molar-refractivity contribution is 6.08. The summed E-state index contributed by atoms with van der Waals surface area (Å²) in [5.74, 6) is 1.69. The first-order chi connectivity index (χ1) is 16.2. The van der Waals surface area contributed by atoms with E-state index in [9.17, 15) is 4.79 Å². The van der Waals surface area contributed by atoms with Crippen LogP contribution in [0.4, 0.5) is 11.4 Å². The maximum atomic E-state index is 13.3. The van der Waals surface area contributed by atoms with Gasteiger partial charge in [0.05, 0.1) is 6.10 Å². The fourth-order valence-corrected chi connectivity index (χ4v) is 6.08. The van der Waals surface area contributed by atoms with E-state index >= 15 is 0 Å². The zero-order valence-corrected chi connectivity index (χ0v) is 19.4. The van der Waals surface area contributed by atoms with Gasteiger partial charge >= 0.3 is 0 Å². The van der Waals surface area contributed by atoms with Gasteiger partial charge in [-0.25, -0.2) is 0 Å². The molecule has 0 unspecified atom stereocenters. The molecule has 4 aliphatic rings. The molecule has 174 valence electrons. The molecule has 4 heterocycles. The van der Waals surface area contributed by atoms with Crippen molar-refractivity contribution in [2.75, 3.05) is 56.2 Å². The molecule has 0 radical (unpaired) electrons. The quantitative estimate of drug-likeness (QED) is 0.701. The Hall–Kier alpha value is -2.57. The van der Waals surface area contributed by atoms with Gasteiger partial charge in [-0.3, -0.25) is 4.79 Å². The van der Waals surface area contributed by atoms with Crippen molar-refractivity contribution in [3.63, 3.8) is 0 Å². The van der Waals surface area contributed by atoms with Gasteiger partial charge in [0.2, 0.25) is 0 Å². The molecule has 6 rings (SSSR count). The number of likely N-dealkylation sites (N-methyl/N-ethyl adjacent to an activating group) is 1. The number of hydrogen-bond donors (Lipinski definition) is 0. The van der Waals surface area contributed by atoms with Crippen molar-refractivity contribution in [1.29, 1.82) is 0 Å². The fraction of sp³-hybridized carbons (Fsp3) is 0.519. The monoisotopic (exact) mass is 447 g/mol. The van der Waals surface area contributed by atoms with E-state index in [-0.39, 0.29) is 12.0 Å². The average Bonchev–Trinajstić information content (AvgIpc) is 3.56. The van der Waals surface area contributed by atoms with Crippen LogP contribution in [0.5, 0.6) is 5.75 Å². The normalized spacial score (nSPS) is 27.2. The molecule has 0 aromatic heterocycles. The Morgan fingerprint density at radius 3 is 2.70 bits per heavy atom. The Balaban J connectivity index is 1.13. The SMILES string of the molecule is CN1C[C@@H]2CCN(c3ccc(N4CCc5cc(OC[C@H]6CCCO6)ccc5C4=O)cc3)[C@@H]2C1. The third kappa shape index (κ3) is 4.00. The minimum atomic E-state index is 0.0772. The molecule has 1 amide bonds. The zero-order valence-electron chi connectivity index (χ0n) is 19.4. The van der Waals surface area contributed by atoms with E-state index in [1.807, 2.05) is 23.1 Å². The van der Waals surface area contributed by atoms with Gasteiger partial charge in [0.15, 0.2) is 0 Å². The van der Waals surface area contributed by atoms with Crippen LogP contribution in [0.25, 0.3) is 0 Å². The Morgan fingerprint density at radius 1 is 1.03 bits per heavy atom. The van der Waals surface area contributed by atoms with Crippen LogP contribution in [0.3, 0.4) is 0 Å². The van der Waals surface area contributed by atoms with Crippen LogP contribution in [0.15, 0.2) is 42.5 Å². The summed E-state index contributed by atoms with van der Waals surface area (Å²) < 4.78 is 11.6. The molecule has 0 aliphatic carbocycles. The highest BCUT2D eigenvalue weighted by Crippen LogP contribution is 2.36. The van der Waals surface area contributed by atoms with Crippen molar-refractivity contribution < 1.29 is 14.3 Å². The summed E-state index contributed by atoms with van der Waals surface area (Å²) in [7, 11) is 2.22. The lowest BCUT2D eigenvalue weighted by molar-refractivity contribution is 0.0679. The van der Waals surface area contributed by atoms with Crippen LogP contribution in [-0.4, -0.2) is 69.4 Å². The second kappa shape index (κ2) is 8.65. The molecular formula is C27H33N3O3. The second-order valence-electron chi connectivity index (χ2n) is 10.0. The highest BCUT2D eigenvalue weighted by Gasteiger charge is 2.40. The smallest absolute Gasteiger partial charge is 0.258 e. The summed E-state index contributed by atoms with van der Waals surface area (Å²) in [6.45, 7) is 5.60. The van der Waals surface area contributed by atoms with Gasteiger partial charge in [-0.1, -0.05) is 0 Å². The number of carbonyl (C=O) groups is 1. The number of benzene rings is 2. The number of rotatable bonds is 5. The van der Waals surface area contributed by atoms with Crippen LogP contribution in [0.2, 0.25) is 0 Å². The molecule has 3 atom stereocenters. The Kier molecular flexibility index (Phi) is 5.51. The molecule has 0 saturated carbocycles. The van der Waals surface area contributed by atoms with Gasteiger partial charge in [0.25, 0.3) is 5.91 Å². The maximum Gasteiger partial charge on any atom is 0.258 e. The summed E-state index contributed by atoms with van der Waals surface area (Å²) in [4.78, 5) is 20.2. The van der Waals surface area contributed by atoms with Gasteiger partial charge in [0.1, 0.15) is 12.4 Å². The predicted octanol–water partition coefficient (Wildman–Crippen LogP) is 3.59. The van der Waals surface area contributed by atoms with Crippen LogP contribution in [-0.2, 0) is 11.2 Å². The number of nitrogens with zero attached hydrogens (tertiary/aromatic N) is 3. The van der Waals surface area contributed by atoms with Crippen molar-refractivity contribution in [3.05, 3.63) is 53.6 Å². The van der Waals surface area contributed by atoms with Gasteiger partial charge in [-0.05, 0) is 86.7 Å². The van der Waals surface area contributed by atoms with Gasteiger partial charge in [-0.15, -0.1) is 0 Å². The number of ether oxygens (including phenoxy) is 2. The average molecular weight is 448 g/mol. The third-order valence-electron chi connectivity index (χ3n) is 7.84. The van der Waals surface area contributed by atoms with E-state index in [1.54, 1.807) is 0 Å². The van der Waals surface area contributed by atoms with Crippen molar-refractivity contribution in [3.8, 4) is 5.75 Å². The first-order valence-electron chi connectivity index (χ1n) is 12.4. The van der Waals surface area contributed by atoms with Crippen molar-refractivity contribution in [1.82, 2.24) is 4.90 Å². The van der Waals surface area contributed by atoms with Crippen molar-refractivity contribution in [2.45, 2.75) is 37.8 Å². The summed E-state index contributed by atoms with van der Waals surface area (Å²) in [6.07, 6.45) is 4.48. The van der Waals surface area contributed by atoms with E-state index in [0.29, 0.717) is 19.2 Å².